The lowest BCUT2D eigenvalue weighted by atomic mass is 9.81. The average molecular weight is 398 g/mol. The molecule has 1 amide bonds. The number of aliphatic hydroxyl groups is 1. The van der Waals surface area contributed by atoms with Crippen LogP contribution in [0.4, 0.5) is 5.82 Å². The summed E-state index contributed by atoms with van der Waals surface area (Å²) >= 11 is 0. The van der Waals surface area contributed by atoms with E-state index in [1.165, 1.54) is 19.3 Å². The number of nitrogens with one attached hydrogen (secondary N) is 2. The molecule has 156 valence electrons. The molecule has 7 nitrogen and oxygen atoms in total. The lowest BCUT2D eigenvalue weighted by Crippen LogP contribution is -2.49. The van der Waals surface area contributed by atoms with E-state index in [-0.39, 0.29) is 17.2 Å². The first-order chi connectivity index (χ1) is 14.2. The summed E-state index contributed by atoms with van der Waals surface area (Å²) in [5.74, 6) is 1.49. The highest BCUT2D eigenvalue weighted by Crippen LogP contribution is 2.56. The molecule has 0 bridgehead atoms. The van der Waals surface area contributed by atoms with Crippen molar-refractivity contribution in [3.8, 4) is 0 Å². The summed E-state index contributed by atoms with van der Waals surface area (Å²) in [6.07, 6.45) is 12.0. The highest BCUT2D eigenvalue weighted by atomic mass is 16.3. The normalized spacial score (nSPS) is 25.3. The molecule has 2 unspecified atom stereocenters. The fourth-order valence-electron chi connectivity index (χ4n) is 5.54. The Labute approximate surface area is 171 Å². The van der Waals surface area contributed by atoms with Gasteiger partial charge in [0.2, 0.25) is 5.91 Å². The Balaban J connectivity index is 1.22. The molecule has 3 aliphatic rings. The molecule has 2 aliphatic carbocycles. The van der Waals surface area contributed by atoms with Crippen molar-refractivity contribution in [1.82, 2.24) is 20.3 Å². The first kappa shape index (κ1) is 18.9. The Kier molecular flexibility index (Phi) is 4.94. The summed E-state index contributed by atoms with van der Waals surface area (Å²) in [6, 6.07) is 2.02. The first-order valence-electron chi connectivity index (χ1n) is 11.2. The van der Waals surface area contributed by atoms with Gasteiger partial charge in [0.25, 0.3) is 0 Å². The van der Waals surface area contributed by atoms with Crippen molar-refractivity contribution in [2.45, 2.75) is 57.5 Å². The quantitative estimate of drug-likeness (QED) is 0.721. The maximum absolute atomic E-state index is 13.0. The van der Waals surface area contributed by atoms with Crippen LogP contribution in [-0.2, 0) is 4.79 Å². The Hall–Kier alpha value is -2.15. The summed E-state index contributed by atoms with van der Waals surface area (Å²) in [5, 5.41) is 14.6. The summed E-state index contributed by atoms with van der Waals surface area (Å²) < 4.78 is 0. The van der Waals surface area contributed by atoms with Crippen molar-refractivity contribution in [1.29, 1.82) is 0 Å². The molecule has 7 heteroatoms. The number of aromatic amines is 1. The van der Waals surface area contributed by atoms with Crippen LogP contribution >= 0.6 is 0 Å². The predicted molar refractivity (Wildman–Crippen MR) is 111 cm³/mol. The third kappa shape index (κ3) is 3.61. The van der Waals surface area contributed by atoms with Crippen molar-refractivity contribution < 1.29 is 9.90 Å². The fraction of sp³-hybridized carbons (Fsp3) is 0.682. The zero-order valence-electron chi connectivity index (χ0n) is 16.9. The average Bonchev–Trinajstić information content (AvgIpc) is 3.34. The van der Waals surface area contributed by atoms with Crippen molar-refractivity contribution in [3.05, 3.63) is 18.6 Å². The number of anilines is 1. The largest absolute Gasteiger partial charge is 0.391 e. The van der Waals surface area contributed by atoms with Gasteiger partial charge in [-0.15, -0.1) is 0 Å². The molecule has 2 atom stereocenters. The number of carbonyl (C=O) groups excluding carboxylic acids is 1. The van der Waals surface area contributed by atoms with Gasteiger partial charge in [0.05, 0.1) is 11.5 Å². The van der Waals surface area contributed by atoms with Crippen LogP contribution in [-0.4, -0.2) is 51.7 Å². The Morgan fingerprint density at radius 3 is 2.90 bits per heavy atom. The minimum Gasteiger partial charge on any atom is -0.391 e. The molecule has 2 aromatic heterocycles. The van der Waals surface area contributed by atoms with Crippen molar-refractivity contribution in [3.63, 3.8) is 0 Å². The highest BCUT2D eigenvalue weighted by molar-refractivity contribution is 5.87. The zero-order chi connectivity index (χ0) is 19.8. The van der Waals surface area contributed by atoms with Crippen molar-refractivity contribution >= 4 is 22.8 Å². The highest BCUT2D eigenvalue weighted by Gasteiger charge is 2.55. The summed E-state index contributed by atoms with van der Waals surface area (Å²) in [5.41, 5.74) is 0.919. The smallest absolute Gasteiger partial charge is 0.223 e. The molecular formula is C22H31N5O2. The summed E-state index contributed by atoms with van der Waals surface area (Å²) in [4.78, 5) is 27.3. The molecule has 2 saturated carbocycles. The lowest BCUT2D eigenvalue weighted by Gasteiger charge is -2.39. The van der Waals surface area contributed by atoms with E-state index < -0.39 is 6.10 Å². The van der Waals surface area contributed by atoms with Crippen molar-refractivity contribution in [2.75, 3.05) is 24.5 Å². The van der Waals surface area contributed by atoms with Crippen LogP contribution in [0.25, 0.3) is 11.0 Å². The van der Waals surface area contributed by atoms with Crippen LogP contribution < -0.4 is 10.2 Å². The van der Waals surface area contributed by atoms with E-state index in [2.05, 4.69) is 25.2 Å². The van der Waals surface area contributed by atoms with E-state index in [0.29, 0.717) is 12.5 Å². The predicted octanol–water partition coefficient (Wildman–Crippen LogP) is 2.62. The minimum atomic E-state index is -0.405. The lowest BCUT2D eigenvalue weighted by molar-refractivity contribution is -0.128. The number of aromatic nitrogens is 3. The van der Waals surface area contributed by atoms with Gasteiger partial charge in [-0.2, -0.15) is 0 Å². The topological polar surface area (TPSA) is 94.1 Å². The summed E-state index contributed by atoms with van der Waals surface area (Å²) in [6.45, 7) is 2.09. The first-order valence-corrected chi connectivity index (χ1v) is 11.2. The second kappa shape index (κ2) is 7.59. The number of hydrogen-bond donors (Lipinski definition) is 3. The molecule has 1 saturated heterocycles. The van der Waals surface area contributed by atoms with Gasteiger partial charge in [-0.25, -0.2) is 9.97 Å². The molecule has 3 heterocycles. The minimum absolute atomic E-state index is 0.0425. The van der Waals surface area contributed by atoms with Gasteiger partial charge < -0.3 is 20.3 Å². The molecular weight excluding hydrogens is 366 g/mol. The number of aliphatic hydroxyl groups excluding tert-OH is 1. The maximum atomic E-state index is 13.0. The Bertz CT molecular complexity index is 871. The number of piperidine rings is 1. The third-order valence-corrected chi connectivity index (χ3v) is 7.45. The van der Waals surface area contributed by atoms with Crippen LogP contribution in [0.1, 0.15) is 51.4 Å². The monoisotopic (exact) mass is 397 g/mol. The van der Waals surface area contributed by atoms with Gasteiger partial charge in [0.15, 0.2) is 0 Å². The van der Waals surface area contributed by atoms with Crippen LogP contribution in [0.5, 0.6) is 0 Å². The maximum Gasteiger partial charge on any atom is 0.223 e. The SMILES string of the molecule is O=C(NCC(O)C1CCCCC1)C1CCN(c2ncnc3[nH]ccc23)CC12CC2. The molecule has 3 fully saturated rings. The fourth-order valence-corrected chi connectivity index (χ4v) is 5.54. The van der Waals surface area contributed by atoms with Crippen molar-refractivity contribution in [2.24, 2.45) is 17.3 Å². The number of rotatable bonds is 5. The zero-order valence-corrected chi connectivity index (χ0v) is 16.9. The number of hydrogen-bond acceptors (Lipinski definition) is 5. The van der Waals surface area contributed by atoms with Gasteiger partial charge in [0.1, 0.15) is 17.8 Å². The number of amides is 1. The molecule has 0 radical (unpaired) electrons. The number of fused-ring (bicyclic) bond motifs is 1. The number of H-pyrrole nitrogens is 1. The summed E-state index contributed by atoms with van der Waals surface area (Å²) in [7, 11) is 0. The Morgan fingerprint density at radius 1 is 1.28 bits per heavy atom. The molecule has 29 heavy (non-hydrogen) atoms. The molecule has 0 aromatic carbocycles. The number of nitrogens with zero attached hydrogens (tertiary/aromatic N) is 3. The molecule has 3 N–H and O–H groups in total. The van der Waals surface area contributed by atoms with Gasteiger partial charge in [-0.1, -0.05) is 19.3 Å². The van der Waals surface area contributed by atoms with E-state index in [1.807, 2.05) is 12.3 Å². The van der Waals surface area contributed by atoms with Gasteiger partial charge in [-0.05, 0) is 49.5 Å². The second-order valence-corrected chi connectivity index (χ2v) is 9.27. The Morgan fingerprint density at radius 2 is 2.10 bits per heavy atom. The van der Waals surface area contributed by atoms with Crippen LogP contribution in [0.2, 0.25) is 0 Å². The molecule has 1 aliphatic heterocycles. The van der Waals surface area contributed by atoms with Crippen LogP contribution in [0.15, 0.2) is 18.6 Å². The van der Waals surface area contributed by atoms with Crippen LogP contribution in [0.3, 0.4) is 0 Å². The van der Waals surface area contributed by atoms with E-state index in [0.717, 1.165) is 62.0 Å². The van der Waals surface area contributed by atoms with E-state index in [9.17, 15) is 9.90 Å². The third-order valence-electron chi connectivity index (χ3n) is 7.45. The molecule has 5 rings (SSSR count). The number of carbonyl (C=O) groups is 1. The second-order valence-electron chi connectivity index (χ2n) is 9.27. The molecule has 1 spiro atoms. The van der Waals surface area contributed by atoms with Crippen LogP contribution in [0, 0.1) is 17.3 Å². The van der Waals surface area contributed by atoms with Gasteiger partial charge in [0, 0.05) is 31.7 Å². The van der Waals surface area contributed by atoms with E-state index in [4.69, 9.17) is 0 Å². The van der Waals surface area contributed by atoms with Gasteiger partial charge >= 0.3 is 0 Å². The standard InChI is InChI=1S/C22H31N5O2/c28-18(15-4-2-1-3-5-15)12-24-21(29)17-7-11-27(13-22(17)8-9-22)20-16-6-10-23-19(16)25-14-26-20/h6,10,14-15,17-18,28H,1-5,7-9,11-13H2,(H,24,29)(H,23,25,26). The van der Waals surface area contributed by atoms with E-state index in [1.54, 1.807) is 6.33 Å². The molecule has 2 aromatic rings. The van der Waals surface area contributed by atoms with E-state index >= 15 is 0 Å². The van der Waals surface area contributed by atoms with Gasteiger partial charge in [-0.3, -0.25) is 4.79 Å².